The Balaban J connectivity index is 1.81. The topological polar surface area (TPSA) is 35.6 Å². The molecule has 2 aromatic rings. The van der Waals surface area contributed by atoms with Crippen LogP contribution in [0.25, 0.3) is 0 Å². The Morgan fingerprint density at radius 2 is 1.66 bits per heavy atom. The number of hydrogen-bond acceptors (Lipinski definition) is 3. The average molecular weight is 409 g/mol. The van der Waals surface area contributed by atoms with Crippen LogP contribution in [0.5, 0.6) is 0 Å². The molecule has 0 aromatic heterocycles. The van der Waals surface area contributed by atoms with Crippen LogP contribution < -0.4 is 10.2 Å². The first-order chi connectivity index (χ1) is 13.8. The van der Waals surface area contributed by atoms with Gasteiger partial charge in [-0.15, -0.1) is 0 Å². The van der Waals surface area contributed by atoms with Gasteiger partial charge in [-0.2, -0.15) is 0 Å². The molecule has 156 valence electrons. The Hall–Kier alpha value is -2.61. The van der Waals surface area contributed by atoms with Crippen molar-refractivity contribution in [3.05, 3.63) is 64.7 Å². The Labute approximate surface area is 167 Å². The van der Waals surface area contributed by atoms with Gasteiger partial charge < -0.3 is 15.1 Å². The maximum absolute atomic E-state index is 13.9. The molecule has 1 amide bonds. The van der Waals surface area contributed by atoms with Gasteiger partial charge in [0, 0.05) is 43.0 Å². The van der Waals surface area contributed by atoms with Gasteiger partial charge in [0.15, 0.2) is 17.5 Å². The van der Waals surface area contributed by atoms with Crippen molar-refractivity contribution < 1.29 is 22.4 Å². The number of nitrogens with one attached hydrogen (secondary N) is 1. The number of piperazine rings is 1. The summed E-state index contributed by atoms with van der Waals surface area (Å²) < 4.78 is 53.9. The summed E-state index contributed by atoms with van der Waals surface area (Å²) in [5, 5.41) is 2.61. The van der Waals surface area contributed by atoms with Crippen LogP contribution in [0.4, 0.5) is 23.2 Å². The first-order valence-corrected chi connectivity index (χ1v) is 9.52. The molecule has 2 aromatic carbocycles. The molecule has 0 aliphatic carbocycles. The molecule has 4 nitrogen and oxygen atoms in total. The van der Waals surface area contributed by atoms with Crippen molar-refractivity contribution >= 4 is 11.6 Å². The molecule has 1 N–H and O–H groups in total. The third-order valence-corrected chi connectivity index (χ3v) is 5.21. The molecule has 1 heterocycles. The molecule has 1 fully saturated rings. The molecule has 1 aliphatic heterocycles. The molecule has 0 spiro atoms. The highest BCUT2D eigenvalue weighted by Crippen LogP contribution is 2.29. The van der Waals surface area contributed by atoms with Crippen LogP contribution in [0, 0.1) is 23.3 Å². The second-order valence-electron chi connectivity index (χ2n) is 7.07. The minimum absolute atomic E-state index is 0.345. The standard InChI is InChI=1S/C21H23F4N3O/c1-3-27-6-8-28(9-7-27)19-5-4-15(22)12-16(19)13(2)26-21(29)14-10-17(23)20(25)18(24)11-14/h4-5,10-13H,3,6-9H2,1-2H3,(H,26,29). The Morgan fingerprint density at radius 3 is 2.24 bits per heavy atom. The van der Waals surface area contributed by atoms with Crippen molar-refractivity contribution in [3.8, 4) is 0 Å². The van der Waals surface area contributed by atoms with Gasteiger partial charge in [-0.25, -0.2) is 17.6 Å². The summed E-state index contributed by atoms with van der Waals surface area (Å²) >= 11 is 0. The van der Waals surface area contributed by atoms with E-state index in [4.69, 9.17) is 0 Å². The van der Waals surface area contributed by atoms with Crippen LogP contribution in [-0.4, -0.2) is 43.5 Å². The van der Waals surface area contributed by atoms with E-state index in [9.17, 15) is 22.4 Å². The zero-order valence-electron chi connectivity index (χ0n) is 16.3. The van der Waals surface area contributed by atoms with Crippen molar-refractivity contribution in [1.82, 2.24) is 10.2 Å². The first-order valence-electron chi connectivity index (χ1n) is 9.52. The molecule has 8 heteroatoms. The number of benzene rings is 2. The van der Waals surface area contributed by atoms with Gasteiger partial charge in [0.2, 0.25) is 0 Å². The molecule has 0 saturated carbocycles. The summed E-state index contributed by atoms with van der Waals surface area (Å²) in [5.74, 6) is -5.74. The smallest absolute Gasteiger partial charge is 0.251 e. The number of nitrogens with zero attached hydrogens (tertiary/aromatic N) is 2. The molecular formula is C21H23F4N3O. The fraction of sp³-hybridized carbons (Fsp3) is 0.381. The minimum Gasteiger partial charge on any atom is -0.369 e. The third kappa shape index (κ3) is 4.70. The number of carbonyl (C=O) groups is 1. The quantitative estimate of drug-likeness (QED) is 0.602. The zero-order valence-corrected chi connectivity index (χ0v) is 16.3. The number of halogens is 4. The lowest BCUT2D eigenvalue weighted by molar-refractivity contribution is 0.0938. The fourth-order valence-corrected chi connectivity index (χ4v) is 3.51. The number of hydrogen-bond donors (Lipinski definition) is 1. The number of likely N-dealkylation sites (N-methyl/N-ethyl adjacent to an activating group) is 1. The normalized spacial score (nSPS) is 16.0. The van der Waals surface area contributed by atoms with Gasteiger partial charge in [0.05, 0.1) is 6.04 Å². The second-order valence-corrected chi connectivity index (χ2v) is 7.07. The van der Waals surface area contributed by atoms with Gasteiger partial charge in [-0.3, -0.25) is 4.79 Å². The monoisotopic (exact) mass is 409 g/mol. The van der Waals surface area contributed by atoms with Crippen LogP contribution in [0.15, 0.2) is 30.3 Å². The number of amides is 1. The summed E-state index contributed by atoms with van der Waals surface area (Å²) in [6.45, 7) is 8.00. The highest BCUT2D eigenvalue weighted by atomic mass is 19.2. The molecule has 29 heavy (non-hydrogen) atoms. The van der Waals surface area contributed by atoms with Crippen LogP contribution in [0.2, 0.25) is 0 Å². The Kier molecular flexibility index (Phi) is 6.42. The van der Waals surface area contributed by atoms with Gasteiger partial charge >= 0.3 is 0 Å². The molecule has 0 bridgehead atoms. The van der Waals surface area contributed by atoms with Crippen molar-refractivity contribution in [1.29, 1.82) is 0 Å². The van der Waals surface area contributed by atoms with Crippen LogP contribution >= 0.6 is 0 Å². The predicted octanol–water partition coefficient (Wildman–Crippen LogP) is 3.88. The number of carbonyl (C=O) groups excluding carboxylic acids is 1. The summed E-state index contributed by atoms with van der Waals surface area (Å²) in [4.78, 5) is 16.9. The Morgan fingerprint density at radius 1 is 1.03 bits per heavy atom. The summed E-state index contributed by atoms with van der Waals surface area (Å²) in [6.07, 6.45) is 0. The van der Waals surface area contributed by atoms with E-state index in [2.05, 4.69) is 22.0 Å². The van der Waals surface area contributed by atoms with E-state index in [1.54, 1.807) is 13.0 Å². The molecule has 1 atom stereocenters. The van der Waals surface area contributed by atoms with Gasteiger partial charge in [0.1, 0.15) is 5.82 Å². The number of anilines is 1. The lowest BCUT2D eigenvalue weighted by Crippen LogP contribution is -2.46. The minimum atomic E-state index is -1.63. The van der Waals surface area contributed by atoms with Crippen molar-refractivity contribution in [2.75, 3.05) is 37.6 Å². The highest BCUT2D eigenvalue weighted by molar-refractivity contribution is 5.94. The fourth-order valence-electron chi connectivity index (χ4n) is 3.51. The lowest BCUT2D eigenvalue weighted by atomic mass is 10.0. The van der Waals surface area contributed by atoms with Gasteiger partial charge in [-0.1, -0.05) is 6.92 Å². The summed E-state index contributed by atoms with van der Waals surface area (Å²) in [5.41, 5.74) is 1.01. The van der Waals surface area contributed by atoms with E-state index in [-0.39, 0.29) is 5.56 Å². The third-order valence-electron chi connectivity index (χ3n) is 5.21. The molecule has 1 saturated heterocycles. The Bertz CT molecular complexity index is 874. The lowest BCUT2D eigenvalue weighted by Gasteiger charge is -2.37. The predicted molar refractivity (Wildman–Crippen MR) is 103 cm³/mol. The van der Waals surface area contributed by atoms with E-state index in [1.807, 2.05) is 0 Å². The van der Waals surface area contributed by atoms with Crippen molar-refractivity contribution in [3.63, 3.8) is 0 Å². The molecular weight excluding hydrogens is 386 g/mol. The van der Waals surface area contributed by atoms with Crippen molar-refractivity contribution in [2.24, 2.45) is 0 Å². The van der Waals surface area contributed by atoms with Crippen LogP contribution in [-0.2, 0) is 0 Å². The highest BCUT2D eigenvalue weighted by Gasteiger charge is 2.23. The summed E-state index contributed by atoms with van der Waals surface area (Å²) in [7, 11) is 0. The van der Waals surface area contributed by atoms with Gasteiger partial charge in [-0.05, 0) is 43.8 Å². The van der Waals surface area contributed by atoms with Crippen molar-refractivity contribution in [2.45, 2.75) is 19.9 Å². The van der Waals surface area contributed by atoms with E-state index < -0.39 is 35.2 Å². The molecule has 3 rings (SSSR count). The first kappa shape index (κ1) is 21.1. The SMILES string of the molecule is CCN1CCN(c2ccc(F)cc2C(C)NC(=O)c2cc(F)c(F)c(F)c2)CC1. The van der Waals surface area contributed by atoms with Crippen LogP contribution in [0.1, 0.15) is 35.8 Å². The van der Waals surface area contributed by atoms with E-state index in [1.165, 1.54) is 12.1 Å². The number of rotatable bonds is 5. The molecule has 1 aliphatic rings. The maximum Gasteiger partial charge on any atom is 0.251 e. The van der Waals surface area contributed by atoms with E-state index in [0.29, 0.717) is 17.7 Å². The second kappa shape index (κ2) is 8.82. The summed E-state index contributed by atoms with van der Waals surface area (Å²) in [6, 6.07) is 5.02. The largest absolute Gasteiger partial charge is 0.369 e. The van der Waals surface area contributed by atoms with Gasteiger partial charge in [0.25, 0.3) is 5.91 Å². The van der Waals surface area contributed by atoms with E-state index >= 15 is 0 Å². The maximum atomic E-state index is 13.9. The molecule has 0 radical (unpaired) electrons. The average Bonchev–Trinajstić information content (AvgIpc) is 2.71. The van der Waals surface area contributed by atoms with E-state index in [0.717, 1.165) is 38.4 Å². The van der Waals surface area contributed by atoms with Crippen LogP contribution in [0.3, 0.4) is 0 Å². The zero-order chi connectivity index (χ0) is 21.1. The molecule has 1 unspecified atom stereocenters.